The first kappa shape index (κ1) is 17.9. The van der Waals surface area contributed by atoms with Crippen LogP contribution in [0.15, 0.2) is 42.5 Å². The summed E-state index contributed by atoms with van der Waals surface area (Å²) in [5.74, 6) is 1.07. The molecule has 0 aliphatic carbocycles. The number of ether oxygens (including phenoxy) is 1. The van der Waals surface area contributed by atoms with Crippen LogP contribution in [0.2, 0.25) is 0 Å². The Bertz CT molecular complexity index is 682. The zero-order valence-corrected chi connectivity index (χ0v) is 14.8. The number of hydrogen-bond donors (Lipinski definition) is 2. The Kier molecular flexibility index (Phi) is 5.85. The molecule has 2 aromatic carbocycles. The van der Waals surface area contributed by atoms with E-state index in [9.17, 15) is 4.79 Å². The van der Waals surface area contributed by atoms with Crippen LogP contribution >= 0.6 is 0 Å². The normalized spacial score (nSPS) is 10.9. The molecule has 0 aliphatic rings. The third-order valence-corrected chi connectivity index (χ3v) is 3.87. The second kappa shape index (κ2) is 7.86. The first-order valence-corrected chi connectivity index (χ1v) is 8.29. The number of nitrogens with two attached hydrogens (primary N) is 1. The van der Waals surface area contributed by atoms with E-state index in [1.165, 1.54) is 0 Å². The van der Waals surface area contributed by atoms with Gasteiger partial charge in [-0.05, 0) is 35.1 Å². The van der Waals surface area contributed by atoms with Gasteiger partial charge in [0, 0.05) is 17.4 Å². The summed E-state index contributed by atoms with van der Waals surface area (Å²) in [7, 11) is 0. The predicted octanol–water partition coefficient (Wildman–Crippen LogP) is 4.53. The molecule has 1 amide bonds. The second-order valence-corrected chi connectivity index (χ2v) is 6.53. The lowest BCUT2D eigenvalue weighted by molar-refractivity contribution is -0.118. The van der Waals surface area contributed by atoms with Gasteiger partial charge >= 0.3 is 0 Å². The van der Waals surface area contributed by atoms with Crippen molar-refractivity contribution in [1.82, 2.24) is 0 Å². The van der Waals surface area contributed by atoms with Crippen LogP contribution in [0.3, 0.4) is 0 Å². The Morgan fingerprint density at radius 1 is 1.04 bits per heavy atom. The van der Waals surface area contributed by atoms with Crippen LogP contribution < -0.4 is 15.8 Å². The number of hydrogen-bond acceptors (Lipinski definition) is 3. The lowest BCUT2D eigenvalue weighted by Crippen LogP contribution is -2.22. The topological polar surface area (TPSA) is 64.3 Å². The fourth-order valence-electron chi connectivity index (χ4n) is 2.62. The number of para-hydroxylation sites is 1. The Hall–Kier alpha value is -2.49. The zero-order valence-electron chi connectivity index (χ0n) is 14.8. The smallest absolute Gasteiger partial charge is 0.262 e. The van der Waals surface area contributed by atoms with Crippen LogP contribution in [-0.2, 0) is 4.79 Å². The largest absolute Gasteiger partial charge is 0.484 e. The highest BCUT2D eigenvalue weighted by atomic mass is 16.5. The van der Waals surface area contributed by atoms with Gasteiger partial charge in [0.05, 0.1) is 0 Å². The summed E-state index contributed by atoms with van der Waals surface area (Å²) in [6.07, 6.45) is 0. The Morgan fingerprint density at radius 3 is 2.17 bits per heavy atom. The van der Waals surface area contributed by atoms with Crippen molar-refractivity contribution in [3.63, 3.8) is 0 Å². The van der Waals surface area contributed by atoms with Gasteiger partial charge in [0.1, 0.15) is 5.75 Å². The maximum atomic E-state index is 12.4. The summed E-state index contributed by atoms with van der Waals surface area (Å²) in [6.45, 7) is 8.45. The third-order valence-electron chi connectivity index (χ3n) is 3.87. The maximum Gasteiger partial charge on any atom is 0.262 e. The Morgan fingerprint density at radius 2 is 1.62 bits per heavy atom. The van der Waals surface area contributed by atoms with E-state index in [1.54, 1.807) is 24.3 Å². The van der Waals surface area contributed by atoms with Gasteiger partial charge in [0.25, 0.3) is 5.91 Å². The quantitative estimate of drug-likeness (QED) is 0.766. The Balaban J connectivity index is 2.13. The number of amides is 1. The van der Waals surface area contributed by atoms with E-state index in [0.29, 0.717) is 23.3 Å². The molecule has 0 aromatic heterocycles. The number of carbonyl (C=O) groups is 1. The Labute approximate surface area is 144 Å². The molecule has 0 radical (unpaired) electrons. The highest BCUT2D eigenvalue weighted by molar-refractivity contribution is 5.93. The van der Waals surface area contributed by atoms with E-state index in [1.807, 2.05) is 6.07 Å². The number of rotatable bonds is 6. The number of anilines is 2. The molecule has 4 nitrogen and oxygen atoms in total. The molecule has 0 spiro atoms. The standard InChI is InChI=1S/C20H26N2O2/c1-13(2)17-9-6-10-18(14(3)4)20(17)22-19(23)12-24-16-8-5-7-15(21)11-16/h5-11,13-14H,12,21H2,1-4H3,(H,22,23). The minimum Gasteiger partial charge on any atom is -0.484 e. The van der Waals surface area contributed by atoms with Crippen LogP contribution in [0, 0.1) is 0 Å². The summed E-state index contributed by atoms with van der Waals surface area (Å²) in [4.78, 5) is 12.4. The molecule has 3 N–H and O–H groups in total. The molecule has 0 bridgehead atoms. The van der Waals surface area contributed by atoms with Gasteiger partial charge in [0.15, 0.2) is 6.61 Å². The first-order valence-electron chi connectivity index (χ1n) is 8.29. The first-order chi connectivity index (χ1) is 11.4. The SMILES string of the molecule is CC(C)c1cccc(C(C)C)c1NC(=O)COc1cccc(N)c1. The van der Waals surface area contributed by atoms with Crippen molar-refractivity contribution in [2.24, 2.45) is 0 Å². The van der Waals surface area contributed by atoms with Crippen LogP contribution in [0.4, 0.5) is 11.4 Å². The second-order valence-electron chi connectivity index (χ2n) is 6.53. The van der Waals surface area contributed by atoms with Gasteiger partial charge < -0.3 is 15.8 Å². The fourth-order valence-corrected chi connectivity index (χ4v) is 2.62. The third kappa shape index (κ3) is 4.51. The number of benzene rings is 2. The molecule has 0 fully saturated rings. The molecule has 2 rings (SSSR count). The van der Waals surface area contributed by atoms with Crippen molar-refractivity contribution in [1.29, 1.82) is 0 Å². The van der Waals surface area contributed by atoms with Gasteiger partial charge in [-0.25, -0.2) is 0 Å². The number of nitrogens with one attached hydrogen (secondary N) is 1. The van der Waals surface area contributed by atoms with E-state index in [-0.39, 0.29) is 12.5 Å². The van der Waals surface area contributed by atoms with Crippen LogP contribution in [0.25, 0.3) is 0 Å². The van der Waals surface area contributed by atoms with Crippen LogP contribution in [0.5, 0.6) is 5.75 Å². The van der Waals surface area contributed by atoms with Crippen molar-refractivity contribution in [2.75, 3.05) is 17.7 Å². The summed E-state index contributed by atoms with van der Waals surface area (Å²) in [5.41, 5.74) is 9.51. The van der Waals surface area contributed by atoms with Crippen molar-refractivity contribution in [3.8, 4) is 5.75 Å². The van der Waals surface area contributed by atoms with Crippen LogP contribution in [0.1, 0.15) is 50.7 Å². The highest BCUT2D eigenvalue weighted by Gasteiger charge is 2.16. The van der Waals surface area contributed by atoms with E-state index < -0.39 is 0 Å². The zero-order chi connectivity index (χ0) is 17.7. The average molecular weight is 326 g/mol. The van der Waals surface area contributed by atoms with E-state index in [4.69, 9.17) is 10.5 Å². The lowest BCUT2D eigenvalue weighted by Gasteiger charge is -2.20. The molecular weight excluding hydrogens is 300 g/mol. The summed E-state index contributed by atoms with van der Waals surface area (Å²) < 4.78 is 5.53. The molecule has 0 atom stereocenters. The molecular formula is C20H26N2O2. The summed E-state index contributed by atoms with van der Waals surface area (Å²) in [6, 6.07) is 13.2. The molecule has 0 saturated heterocycles. The maximum absolute atomic E-state index is 12.4. The monoisotopic (exact) mass is 326 g/mol. The molecule has 0 unspecified atom stereocenters. The number of carbonyl (C=O) groups excluding carboxylic acids is 1. The average Bonchev–Trinajstić information content (AvgIpc) is 2.52. The van der Waals surface area contributed by atoms with Crippen molar-refractivity contribution < 1.29 is 9.53 Å². The van der Waals surface area contributed by atoms with Gasteiger partial charge in [-0.2, -0.15) is 0 Å². The van der Waals surface area contributed by atoms with Gasteiger partial charge in [-0.1, -0.05) is 52.0 Å². The molecule has 4 heteroatoms. The van der Waals surface area contributed by atoms with Crippen molar-refractivity contribution in [2.45, 2.75) is 39.5 Å². The molecule has 24 heavy (non-hydrogen) atoms. The highest BCUT2D eigenvalue weighted by Crippen LogP contribution is 2.32. The van der Waals surface area contributed by atoms with Crippen molar-refractivity contribution >= 4 is 17.3 Å². The van der Waals surface area contributed by atoms with E-state index in [0.717, 1.165) is 16.8 Å². The molecule has 128 valence electrons. The van der Waals surface area contributed by atoms with Gasteiger partial charge in [0.2, 0.25) is 0 Å². The molecule has 0 saturated carbocycles. The van der Waals surface area contributed by atoms with E-state index in [2.05, 4.69) is 45.1 Å². The lowest BCUT2D eigenvalue weighted by atomic mass is 9.92. The van der Waals surface area contributed by atoms with Crippen molar-refractivity contribution in [3.05, 3.63) is 53.6 Å². The number of nitrogen functional groups attached to an aromatic ring is 1. The molecule has 2 aromatic rings. The van der Waals surface area contributed by atoms with E-state index >= 15 is 0 Å². The van der Waals surface area contributed by atoms with Crippen LogP contribution in [-0.4, -0.2) is 12.5 Å². The summed E-state index contributed by atoms with van der Waals surface area (Å²) in [5, 5.41) is 3.03. The van der Waals surface area contributed by atoms with Gasteiger partial charge in [-0.3, -0.25) is 4.79 Å². The minimum atomic E-state index is -0.174. The molecule has 0 heterocycles. The van der Waals surface area contributed by atoms with Gasteiger partial charge in [-0.15, -0.1) is 0 Å². The predicted molar refractivity (Wildman–Crippen MR) is 99.6 cm³/mol. The summed E-state index contributed by atoms with van der Waals surface area (Å²) >= 11 is 0. The fraction of sp³-hybridized carbons (Fsp3) is 0.350. The molecule has 0 aliphatic heterocycles. The minimum absolute atomic E-state index is 0.0482.